The van der Waals surface area contributed by atoms with Crippen LogP contribution in [0.2, 0.25) is 0 Å². The zero-order valence-corrected chi connectivity index (χ0v) is 43.6. The average Bonchev–Trinajstić information content (AvgIpc) is 3.60. The van der Waals surface area contributed by atoms with Crippen LogP contribution in [0.4, 0.5) is 0 Å². The molecule has 4 heterocycles. The minimum absolute atomic E-state index is 0.00804. The Balaban J connectivity index is 1.15. The molecule has 3 fully saturated rings. The summed E-state index contributed by atoms with van der Waals surface area (Å²) in [5, 5.41) is 117. The van der Waals surface area contributed by atoms with Crippen LogP contribution < -0.4 is 24.4 Å². The van der Waals surface area contributed by atoms with E-state index >= 15 is 0 Å². The number of carbonyl (C=O) groups is 3. The van der Waals surface area contributed by atoms with E-state index in [1.807, 2.05) is 0 Å². The number of phenols is 3. The van der Waals surface area contributed by atoms with E-state index < -0.39 is 147 Å². The number of hydrogen-bond donors (Lipinski definition) is 11. The third kappa shape index (κ3) is 14.6. The predicted octanol–water partition coefficient (Wildman–Crippen LogP) is -0.104. The van der Waals surface area contributed by atoms with Crippen LogP contribution in [0.15, 0.2) is 100 Å². The molecule has 1 aliphatic carbocycles. The number of fused-ring (bicyclic) bond motifs is 1. The number of ether oxygens (including phenoxy) is 11. The number of carboxylic acids is 1. The van der Waals surface area contributed by atoms with Crippen molar-refractivity contribution in [3.05, 3.63) is 112 Å². The average molecular weight is 1170 g/mol. The summed E-state index contributed by atoms with van der Waals surface area (Å²) in [4.78, 5) is 60.6. The summed E-state index contributed by atoms with van der Waals surface area (Å²) < 4.78 is 68.8. The molecule has 3 aromatic rings. The predicted molar refractivity (Wildman–Crippen MR) is 277 cm³/mol. The molecule has 0 amide bonds. The van der Waals surface area contributed by atoms with Gasteiger partial charge < -0.3 is 117 Å². The summed E-state index contributed by atoms with van der Waals surface area (Å²) in [6, 6.07) is 17.0. The molecule has 28 nitrogen and oxygen atoms in total. The number of benzene rings is 4. The Morgan fingerprint density at radius 3 is 1.89 bits per heavy atom. The smallest absolute Gasteiger partial charge is 0.508 e. The number of aromatic hydroxyl groups is 3. The van der Waals surface area contributed by atoms with Gasteiger partial charge in [0.1, 0.15) is 84.9 Å². The fraction of sp³-hybridized carbons (Fsp3) is 0.364. The van der Waals surface area contributed by atoms with Gasteiger partial charge in [-0.2, -0.15) is 0 Å². The lowest BCUT2D eigenvalue weighted by Gasteiger charge is -2.44. The Morgan fingerprint density at radius 1 is 0.639 bits per heavy atom. The second-order valence-electron chi connectivity index (χ2n) is 18.8. The van der Waals surface area contributed by atoms with E-state index in [1.165, 1.54) is 93.1 Å². The lowest BCUT2D eigenvalue weighted by molar-refractivity contribution is -0.345. The van der Waals surface area contributed by atoms with Crippen molar-refractivity contribution in [3.63, 3.8) is 0 Å². The molecule has 0 bridgehead atoms. The standard InChI is InChI=1S/C55H56O28/c1-72-34-15-25(16-35(73-2)44(34)66)6-14-41(63)82-51-43(65)31(59)21-76-54(51)83-52-48(70)46(68)38(22-74-40(62)13-5-24-3-9-27(56)10-4-24)81-55(52)79-36-19-30-32(77-50(36)26-7-11-28(57)12-8-26)17-29(58)18-33(30)78-53-49(71)47(69)45(67)37(80-53)23-75-42(64)20-39(60)61/h3-19,31,37-38,43,45-49,51-57,59,65-71H,20-23H2,1-2H3,(H,60,61)/p+1/t31-,37-,38-,43+,45-,46-,47+,48+,49-,51-,52-,53-,54+,55-/m1/s1. The molecule has 0 saturated carbocycles. The molecule has 0 unspecified atom stereocenters. The highest BCUT2D eigenvalue weighted by molar-refractivity contribution is 5.90. The Labute approximate surface area is 468 Å². The lowest BCUT2D eigenvalue weighted by atomic mass is 9.98. The lowest BCUT2D eigenvalue weighted by Crippen LogP contribution is -2.64. The van der Waals surface area contributed by atoms with Crippen molar-refractivity contribution in [3.8, 4) is 62.9 Å². The van der Waals surface area contributed by atoms with Gasteiger partial charge in [-0.3, -0.25) is 14.4 Å². The molecule has 3 aromatic carbocycles. The highest BCUT2D eigenvalue weighted by Gasteiger charge is 2.53. The van der Waals surface area contributed by atoms with Gasteiger partial charge in [-0.05, 0) is 77.9 Å². The van der Waals surface area contributed by atoms with Crippen LogP contribution in [0.5, 0.6) is 40.2 Å². The molecule has 0 spiro atoms. The van der Waals surface area contributed by atoms with Gasteiger partial charge in [0, 0.05) is 23.8 Å². The van der Waals surface area contributed by atoms with Gasteiger partial charge in [0.05, 0.1) is 32.5 Å². The second kappa shape index (κ2) is 26.7. The number of phenolic OH excluding ortho intramolecular Hbond substituents is 3. The minimum Gasteiger partial charge on any atom is -0.508 e. The molecule has 3 saturated heterocycles. The molecule has 12 N–H and O–H groups in total. The number of hydrogen-bond acceptors (Lipinski definition) is 26. The highest BCUT2D eigenvalue weighted by Crippen LogP contribution is 2.44. The fourth-order valence-corrected chi connectivity index (χ4v) is 8.67. The largest absolute Gasteiger partial charge is 0.510 e. The van der Waals surface area contributed by atoms with Crippen molar-refractivity contribution >= 4 is 36.0 Å². The molecule has 444 valence electrons. The Hall–Kier alpha value is -8.39. The van der Waals surface area contributed by atoms with E-state index in [2.05, 4.69) is 0 Å². The topological polar surface area (TPSA) is 427 Å². The van der Waals surface area contributed by atoms with Crippen LogP contribution in [-0.2, 0) is 47.5 Å². The molecule has 0 radical (unpaired) electrons. The Bertz CT molecular complexity index is 3150. The van der Waals surface area contributed by atoms with E-state index in [1.54, 1.807) is 0 Å². The van der Waals surface area contributed by atoms with Crippen LogP contribution in [-0.4, -0.2) is 205 Å². The van der Waals surface area contributed by atoms with Gasteiger partial charge in [0.15, 0.2) is 53.0 Å². The second-order valence-corrected chi connectivity index (χ2v) is 18.8. The molecule has 14 atom stereocenters. The van der Waals surface area contributed by atoms with E-state index in [-0.39, 0.29) is 62.7 Å². The van der Waals surface area contributed by atoms with Crippen LogP contribution in [0, 0.1) is 0 Å². The van der Waals surface area contributed by atoms with Gasteiger partial charge >= 0.3 is 23.9 Å². The third-order valence-corrected chi connectivity index (χ3v) is 13.0. The third-order valence-electron chi connectivity index (χ3n) is 13.0. The first-order valence-electron chi connectivity index (χ1n) is 25.1. The number of carboxylic acid groups (broad SMARTS) is 1. The molecule has 5 aliphatic rings. The van der Waals surface area contributed by atoms with Crippen LogP contribution in [0.25, 0.3) is 34.8 Å². The summed E-state index contributed by atoms with van der Waals surface area (Å²) in [6.07, 6.45) is -23.1. The van der Waals surface area contributed by atoms with E-state index in [9.17, 15) is 75.0 Å². The van der Waals surface area contributed by atoms with Crippen LogP contribution in [0.3, 0.4) is 0 Å². The number of aliphatic hydroxyl groups is 7. The van der Waals surface area contributed by atoms with Crippen molar-refractivity contribution in [1.82, 2.24) is 0 Å². The summed E-state index contributed by atoms with van der Waals surface area (Å²) in [5.41, 5.74) is 0.0293. The maximum absolute atomic E-state index is 13.5. The molecule has 28 heteroatoms. The van der Waals surface area contributed by atoms with Gasteiger partial charge in [-0.1, -0.05) is 12.1 Å². The van der Waals surface area contributed by atoms with Crippen molar-refractivity contribution in [2.45, 2.75) is 92.4 Å². The van der Waals surface area contributed by atoms with Crippen molar-refractivity contribution < 1.29 is 132 Å². The quantitative estimate of drug-likeness (QED) is 0.0159. The molecular weight excluding hydrogens is 1110 g/mol. The summed E-state index contributed by atoms with van der Waals surface area (Å²) in [7, 11) is 2.57. The molecule has 83 heavy (non-hydrogen) atoms. The zero-order valence-electron chi connectivity index (χ0n) is 43.6. The first kappa shape index (κ1) is 60.7. The number of carbonyl (C=O) groups excluding carboxylic acids is 3. The molecule has 0 aromatic heterocycles. The van der Waals surface area contributed by atoms with E-state index in [0.29, 0.717) is 5.56 Å². The molecular formula is C55H57O28+. The summed E-state index contributed by atoms with van der Waals surface area (Å²) >= 11 is 0. The maximum atomic E-state index is 13.5. The first-order valence-corrected chi connectivity index (χ1v) is 25.1. The number of methoxy groups -OCH3 is 2. The normalized spacial score (nSPS) is 27.2. The fourth-order valence-electron chi connectivity index (χ4n) is 8.67. The number of aliphatic carboxylic acids is 1. The summed E-state index contributed by atoms with van der Waals surface area (Å²) in [6.45, 7) is -2.19. The number of aliphatic hydroxyl groups excluding tert-OH is 7. The van der Waals surface area contributed by atoms with E-state index in [0.717, 1.165) is 24.3 Å². The van der Waals surface area contributed by atoms with Gasteiger partial charge in [-0.25, -0.2) is 4.79 Å². The van der Waals surface area contributed by atoms with Crippen LogP contribution >= 0.6 is 0 Å². The number of esters is 3. The zero-order chi connectivity index (χ0) is 59.8. The SMILES string of the molecule is COc1cc(C=CC(=O)O[C@H]2[C@H](O[C@H]3[C@H](Oc4cc5c(O[C@@H]6O[C@H](COC(=O)CC(=O)O)[C@@H](O)[C@H](O)[C@H]6O)cc(=O)cc-5oc4-c4ccc(O)cc4)O[C@H](COC(=[OH+])C=Cc4ccc(O)cc4)[C@@H](O)[C@@H]3O)OC[C@@H](O)[C@@H]2O)cc(OC)c1O. The maximum Gasteiger partial charge on any atom is 0.510 e. The van der Waals surface area contributed by atoms with Crippen molar-refractivity contribution in [2.75, 3.05) is 34.0 Å². The van der Waals surface area contributed by atoms with E-state index in [4.69, 9.17) is 61.6 Å². The Morgan fingerprint density at radius 2 is 1.24 bits per heavy atom. The molecule has 4 aliphatic heterocycles. The van der Waals surface area contributed by atoms with Gasteiger partial charge in [0.25, 0.3) is 0 Å². The van der Waals surface area contributed by atoms with Crippen molar-refractivity contribution in [1.29, 1.82) is 0 Å². The van der Waals surface area contributed by atoms with Crippen LogP contribution in [0.1, 0.15) is 17.5 Å². The summed E-state index contributed by atoms with van der Waals surface area (Å²) in [5.74, 6) is -6.46. The Kier molecular flexibility index (Phi) is 19.5. The number of rotatable bonds is 20. The minimum atomic E-state index is -2.11. The van der Waals surface area contributed by atoms with Gasteiger partial charge in [0.2, 0.25) is 24.9 Å². The van der Waals surface area contributed by atoms with Gasteiger partial charge in [-0.15, -0.1) is 0 Å². The first-order chi connectivity index (χ1) is 39.6. The van der Waals surface area contributed by atoms with Crippen molar-refractivity contribution in [2.24, 2.45) is 0 Å². The molecule has 8 rings (SSSR count). The monoisotopic (exact) mass is 1170 g/mol. The highest BCUT2D eigenvalue weighted by atomic mass is 16.8.